The molecule has 0 spiro atoms. The number of carbonyl (C=O) groups excluding carboxylic acids is 1. The largest absolute Gasteiger partial charge is 0.396 e. The van der Waals surface area contributed by atoms with Gasteiger partial charge in [0.15, 0.2) is 6.10 Å². The molecule has 0 aromatic heterocycles. The van der Waals surface area contributed by atoms with E-state index in [1.165, 1.54) is 18.2 Å². The van der Waals surface area contributed by atoms with Crippen LogP contribution in [0, 0.1) is 5.41 Å². The van der Waals surface area contributed by atoms with E-state index in [0.29, 0.717) is 28.6 Å². The van der Waals surface area contributed by atoms with Crippen molar-refractivity contribution in [1.82, 2.24) is 5.32 Å². The van der Waals surface area contributed by atoms with E-state index in [0.717, 1.165) is 0 Å². The lowest BCUT2D eigenvalue weighted by Gasteiger charge is -2.24. The number of halogens is 2. The zero-order valence-electron chi connectivity index (χ0n) is 11.5. The lowest BCUT2D eigenvalue weighted by atomic mass is 9.89. The maximum Gasteiger partial charge on any atom is 0.253 e. The molecule has 1 aromatic rings. The Morgan fingerprint density at radius 2 is 1.85 bits per heavy atom. The summed E-state index contributed by atoms with van der Waals surface area (Å²) in [5.74, 6) is -0.519. The number of aliphatic hydroxyl groups excluding tert-OH is 2. The van der Waals surface area contributed by atoms with Crippen molar-refractivity contribution in [3.05, 3.63) is 33.8 Å². The van der Waals surface area contributed by atoms with Crippen molar-refractivity contribution in [1.29, 1.82) is 0 Å². The van der Waals surface area contributed by atoms with Gasteiger partial charge in [-0.2, -0.15) is 0 Å². The third-order valence-corrected chi connectivity index (χ3v) is 3.42. The molecule has 0 aliphatic carbocycles. The molecule has 1 rings (SSSR count). The highest BCUT2D eigenvalue weighted by Crippen LogP contribution is 2.24. The average molecular weight is 320 g/mol. The fraction of sp³-hybridized carbons (Fsp3) is 0.500. The van der Waals surface area contributed by atoms with Gasteiger partial charge in [0.25, 0.3) is 5.91 Å². The monoisotopic (exact) mass is 319 g/mol. The molecule has 20 heavy (non-hydrogen) atoms. The normalized spacial score (nSPS) is 13.1. The molecule has 0 radical (unpaired) electrons. The molecule has 4 nitrogen and oxygen atoms in total. The summed E-state index contributed by atoms with van der Waals surface area (Å²) in [5, 5.41) is 22.3. The highest BCUT2D eigenvalue weighted by Gasteiger charge is 2.22. The van der Waals surface area contributed by atoms with Crippen LogP contribution in [0.3, 0.4) is 0 Å². The molecular weight excluding hydrogens is 301 g/mol. The predicted octanol–water partition coefficient (Wildman–Crippen LogP) is 2.55. The fourth-order valence-electron chi connectivity index (χ4n) is 1.70. The van der Waals surface area contributed by atoms with Crippen molar-refractivity contribution >= 4 is 29.1 Å². The van der Waals surface area contributed by atoms with Crippen LogP contribution in [-0.2, 0) is 4.79 Å². The maximum absolute atomic E-state index is 11.9. The van der Waals surface area contributed by atoms with Crippen LogP contribution in [0.2, 0.25) is 10.0 Å². The summed E-state index contributed by atoms with van der Waals surface area (Å²) in [4.78, 5) is 11.9. The standard InChI is InChI=1S/C14H19Cl2NO3/c1-14(2,3-4-18)8-17-13(20)12(19)9-5-10(15)7-11(16)6-9/h5-7,12,18-19H,3-4,8H2,1-2H3,(H,17,20). The fourth-order valence-corrected chi connectivity index (χ4v) is 2.24. The second-order valence-corrected chi connectivity index (χ2v) is 6.33. The molecule has 0 heterocycles. The Kier molecular flexibility index (Phi) is 6.27. The van der Waals surface area contributed by atoms with Gasteiger partial charge in [0.2, 0.25) is 0 Å². The number of nitrogens with one attached hydrogen (secondary N) is 1. The minimum atomic E-state index is -1.32. The summed E-state index contributed by atoms with van der Waals surface area (Å²) >= 11 is 11.7. The number of benzene rings is 1. The number of hydrogen-bond acceptors (Lipinski definition) is 3. The van der Waals surface area contributed by atoms with Crippen LogP contribution in [-0.4, -0.2) is 29.3 Å². The SMILES string of the molecule is CC(C)(CCO)CNC(=O)C(O)c1cc(Cl)cc(Cl)c1. The van der Waals surface area contributed by atoms with Gasteiger partial charge < -0.3 is 15.5 Å². The molecule has 1 aromatic carbocycles. The third kappa shape index (κ3) is 5.29. The van der Waals surface area contributed by atoms with Gasteiger partial charge in [0, 0.05) is 23.2 Å². The quantitative estimate of drug-likeness (QED) is 0.754. The summed E-state index contributed by atoms with van der Waals surface area (Å²) in [6.45, 7) is 4.26. The zero-order valence-corrected chi connectivity index (χ0v) is 13.0. The van der Waals surface area contributed by atoms with Crippen molar-refractivity contribution in [2.75, 3.05) is 13.2 Å². The first kappa shape index (κ1) is 17.2. The van der Waals surface area contributed by atoms with Crippen molar-refractivity contribution in [3.63, 3.8) is 0 Å². The van der Waals surface area contributed by atoms with E-state index in [1.807, 2.05) is 13.8 Å². The van der Waals surface area contributed by atoms with Crippen molar-refractivity contribution in [2.45, 2.75) is 26.4 Å². The Hall–Kier alpha value is -0.810. The number of carbonyl (C=O) groups is 1. The van der Waals surface area contributed by atoms with Crippen molar-refractivity contribution < 1.29 is 15.0 Å². The molecule has 0 saturated carbocycles. The maximum atomic E-state index is 11.9. The Morgan fingerprint density at radius 1 is 1.30 bits per heavy atom. The number of amides is 1. The molecule has 0 saturated heterocycles. The first-order valence-electron chi connectivity index (χ1n) is 6.28. The second kappa shape index (κ2) is 7.27. The van der Waals surface area contributed by atoms with E-state index in [2.05, 4.69) is 5.32 Å². The van der Waals surface area contributed by atoms with Gasteiger partial charge in [-0.15, -0.1) is 0 Å². The van der Waals surface area contributed by atoms with E-state index in [1.54, 1.807) is 0 Å². The van der Waals surface area contributed by atoms with Gasteiger partial charge >= 0.3 is 0 Å². The van der Waals surface area contributed by atoms with Gasteiger partial charge in [-0.25, -0.2) is 0 Å². The lowest BCUT2D eigenvalue weighted by Crippen LogP contribution is -2.37. The topological polar surface area (TPSA) is 69.6 Å². The minimum absolute atomic E-state index is 0.0509. The van der Waals surface area contributed by atoms with Crippen LogP contribution < -0.4 is 5.32 Å². The van der Waals surface area contributed by atoms with E-state index < -0.39 is 12.0 Å². The summed E-state index contributed by atoms with van der Waals surface area (Å²) in [6, 6.07) is 4.52. The van der Waals surface area contributed by atoms with Crippen molar-refractivity contribution in [3.8, 4) is 0 Å². The molecule has 0 aliphatic rings. The average Bonchev–Trinajstić information content (AvgIpc) is 2.34. The van der Waals surface area contributed by atoms with Crippen LogP contribution in [0.4, 0.5) is 0 Å². The Morgan fingerprint density at radius 3 is 2.35 bits per heavy atom. The molecule has 3 N–H and O–H groups in total. The molecular formula is C14H19Cl2NO3. The van der Waals surface area contributed by atoms with Crippen LogP contribution in [0.1, 0.15) is 31.9 Å². The summed E-state index contributed by atoms with van der Waals surface area (Å²) in [7, 11) is 0. The van der Waals surface area contributed by atoms with Gasteiger partial charge in [-0.1, -0.05) is 37.0 Å². The van der Waals surface area contributed by atoms with Crippen LogP contribution >= 0.6 is 23.2 Å². The number of rotatable bonds is 6. The van der Waals surface area contributed by atoms with Gasteiger partial charge in [-0.3, -0.25) is 4.79 Å². The van der Waals surface area contributed by atoms with Crippen LogP contribution in [0.25, 0.3) is 0 Å². The van der Waals surface area contributed by atoms with E-state index in [4.69, 9.17) is 28.3 Å². The van der Waals surface area contributed by atoms with Gasteiger partial charge in [0.1, 0.15) is 0 Å². The minimum Gasteiger partial charge on any atom is -0.396 e. The summed E-state index contributed by atoms with van der Waals surface area (Å²) in [6.07, 6.45) is -0.761. The summed E-state index contributed by atoms with van der Waals surface area (Å²) in [5.41, 5.74) is 0.107. The number of hydrogen-bond donors (Lipinski definition) is 3. The van der Waals surface area contributed by atoms with E-state index in [9.17, 15) is 9.90 Å². The molecule has 0 fully saturated rings. The molecule has 1 atom stereocenters. The number of aliphatic hydroxyl groups is 2. The summed E-state index contributed by atoms with van der Waals surface area (Å²) < 4.78 is 0. The smallest absolute Gasteiger partial charge is 0.253 e. The molecule has 112 valence electrons. The van der Waals surface area contributed by atoms with Crippen LogP contribution in [0.15, 0.2) is 18.2 Å². The molecule has 6 heteroatoms. The molecule has 0 aliphatic heterocycles. The highest BCUT2D eigenvalue weighted by atomic mass is 35.5. The first-order chi connectivity index (χ1) is 9.25. The Labute approximate surface area is 128 Å². The molecule has 1 amide bonds. The first-order valence-corrected chi connectivity index (χ1v) is 7.03. The molecule has 1 unspecified atom stereocenters. The second-order valence-electron chi connectivity index (χ2n) is 5.46. The van der Waals surface area contributed by atoms with E-state index in [-0.39, 0.29) is 12.0 Å². The third-order valence-electron chi connectivity index (χ3n) is 2.98. The zero-order chi connectivity index (χ0) is 15.3. The predicted molar refractivity (Wildman–Crippen MR) is 79.9 cm³/mol. The van der Waals surface area contributed by atoms with Gasteiger partial charge in [-0.05, 0) is 35.6 Å². The van der Waals surface area contributed by atoms with E-state index >= 15 is 0 Å². The highest BCUT2D eigenvalue weighted by molar-refractivity contribution is 6.34. The Balaban J connectivity index is 2.67. The lowest BCUT2D eigenvalue weighted by molar-refractivity contribution is -0.130. The molecule has 0 bridgehead atoms. The Bertz CT molecular complexity index is 457. The van der Waals surface area contributed by atoms with Crippen molar-refractivity contribution in [2.24, 2.45) is 5.41 Å². The van der Waals surface area contributed by atoms with Gasteiger partial charge in [0.05, 0.1) is 0 Å². The van der Waals surface area contributed by atoms with Crippen LogP contribution in [0.5, 0.6) is 0 Å².